The molecule has 0 aliphatic heterocycles. The number of ether oxygens (including phenoxy) is 1. The van der Waals surface area contributed by atoms with E-state index in [0.29, 0.717) is 17.6 Å². The van der Waals surface area contributed by atoms with Crippen molar-refractivity contribution in [1.82, 2.24) is 4.57 Å². The van der Waals surface area contributed by atoms with Crippen LogP contribution in [0, 0.1) is 11.8 Å². The lowest BCUT2D eigenvalue weighted by molar-refractivity contribution is -0.141. The smallest absolute Gasteiger partial charge is 0.317 e. The molecule has 2 rings (SSSR count). The van der Waals surface area contributed by atoms with E-state index in [-0.39, 0.29) is 17.8 Å². The Morgan fingerprint density at radius 1 is 1.35 bits per heavy atom. The molecule has 0 bridgehead atoms. The summed E-state index contributed by atoms with van der Waals surface area (Å²) in [4.78, 5) is 23.4. The second kappa shape index (κ2) is 6.07. The van der Waals surface area contributed by atoms with Gasteiger partial charge in [-0.2, -0.15) is 0 Å². The Morgan fingerprint density at radius 2 is 2.10 bits per heavy atom. The molecule has 0 saturated heterocycles. The van der Waals surface area contributed by atoms with Crippen LogP contribution in [0.5, 0.6) is 0 Å². The van der Waals surface area contributed by atoms with Crippen LogP contribution >= 0.6 is 0 Å². The molecule has 0 aliphatic rings. The number of benzene rings is 1. The summed E-state index contributed by atoms with van der Waals surface area (Å²) in [5, 5.41) is 0.623. The lowest BCUT2D eigenvalue weighted by Crippen LogP contribution is -2.11. The summed E-state index contributed by atoms with van der Waals surface area (Å²) in [7, 11) is 1.86. The number of carbonyl (C=O) groups excluding carboxylic acids is 1. The summed E-state index contributed by atoms with van der Waals surface area (Å²) in [5.41, 5.74) is 1.12. The molecule has 0 N–H and O–H groups in total. The summed E-state index contributed by atoms with van der Waals surface area (Å²) in [5.74, 6) is 5.05. The van der Waals surface area contributed by atoms with E-state index in [1.165, 1.54) is 0 Å². The van der Waals surface area contributed by atoms with E-state index in [9.17, 15) is 9.59 Å². The van der Waals surface area contributed by atoms with Crippen LogP contribution < -0.4 is 5.43 Å². The highest BCUT2D eigenvalue weighted by Gasteiger charge is 2.04. The number of pyridine rings is 1. The molecule has 0 fully saturated rings. The van der Waals surface area contributed by atoms with Crippen LogP contribution in [-0.2, 0) is 16.6 Å². The number of esters is 1. The van der Waals surface area contributed by atoms with Gasteiger partial charge in [0.25, 0.3) is 0 Å². The fourth-order valence-corrected chi connectivity index (χ4v) is 1.95. The standard InChI is InChI=1S/C16H15NO3/c1-3-20-15(18)10-6-7-12-11-17(2)14-9-5-4-8-13(14)16(12)19/h4-5,8-9,11H,3,10H2,1-2H3. The quantitative estimate of drug-likeness (QED) is 0.617. The van der Waals surface area contributed by atoms with Crippen molar-refractivity contribution in [2.24, 2.45) is 7.05 Å². The van der Waals surface area contributed by atoms with Gasteiger partial charge in [-0.15, -0.1) is 0 Å². The first-order valence-corrected chi connectivity index (χ1v) is 6.36. The zero-order valence-corrected chi connectivity index (χ0v) is 11.5. The van der Waals surface area contributed by atoms with Gasteiger partial charge in [0.1, 0.15) is 6.42 Å². The minimum absolute atomic E-state index is 0.0101. The van der Waals surface area contributed by atoms with E-state index in [0.717, 1.165) is 5.52 Å². The second-order valence-corrected chi connectivity index (χ2v) is 4.28. The van der Waals surface area contributed by atoms with Gasteiger partial charge in [-0.25, -0.2) is 0 Å². The molecule has 0 atom stereocenters. The SMILES string of the molecule is CCOC(=O)CC#Cc1cn(C)c2ccccc2c1=O. The molecular formula is C16H15NO3. The van der Waals surface area contributed by atoms with Crippen molar-refractivity contribution in [3.05, 3.63) is 46.2 Å². The average Bonchev–Trinajstić information content (AvgIpc) is 2.44. The van der Waals surface area contributed by atoms with Gasteiger partial charge in [-0.3, -0.25) is 9.59 Å². The van der Waals surface area contributed by atoms with Gasteiger partial charge >= 0.3 is 5.97 Å². The van der Waals surface area contributed by atoms with Gasteiger partial charge in [0.05, 0.1) is 17.7 Å². The van der Waals surface area contributed by atoms with Crippen molar-refractivity contribution >= 4 is 16.9 Å². The highest BCUT2D eigenvalue weighted by atomic mass is 16.5. The van der Waals surface area contributed by atoms with Crippen LogP contribution in [0.2, 0.25) is 0 Å². The Hall–Kier alpha value is -2.54. The highest BCUT2D eigenvalue weighted by molar-refractivity contribution is 5.80. The number of hydrogen-bond donors (Lipinski definition) is 0. The Labute approximate surface area is 117 Å². The summed E-state index contributed by atoms with van der Waals surface area (Å²) in [6, 6.07) is 7.36. The third kappa shape index (κ3) is 2.89. The normalized spacial score (nSPS) is 9.90. The molecule has 0 unspecified atom stereocenters. The zero-order valence-electron chi connectivity index (χ0n) is 11.5. The maximum atomic E-state index is 12.3. The van der Waals surface area contributed by atoms with E-state index >= 15 is 0 Å². The molecule has 4 nitrogen and oxygen atoms in total. The summed E-state index contributed by atoms with van der Waals surface area (Å²) in [6.45, 7) is 2.07. The molecule has 0 amide bonds. The Kier molecular flexibility index (Phi) is 4.21. The van der Waals surface area contributed by atoms with Crippen LogP contribution in [0.25, 0.3) is 10.9 Å². The van der Waals surface area contributed by atoms with Crippen molar-refractivity contribution < 1.29 is 9.53 Å². The van der Waals surface area contributed by atoms with Gasteiger partial charge in [0, 0.05) is 18.6 Å². The molecule has 1 aromatic heterocycles. The van der Waals surface area contributed by atoms with E-state index in [1.807, 2.05) is 29.8 Å². The number of carbonyl (C=O) groups is 1. The first-order chi connectivity index (χ1) is 9.63. The predicted octanol–water partition coefficient (Wildman–Crippen LogP) is 1.84. The van der Waals surface area contributed by atoms with Crippen LogP contribution in [0.3, 0.4) is 0 Å². The first kappa shape index (κ1) is 13.9. The summed E-state index contributed by atoms with van der Waals surface area (Å²) in [6.07, 6.45) is 1.67. The molecule has 0 spiro atoms. The molecule has 0 saturated carbocycles. The number of para-hydroxylation sites is 1. The maximum Gasteiger partial charge on any atom is 0.317 e. The van der Waals surface area contributed by atoms with E-state index in [1.54, 1.807) is 19.2 Å². The molecule has 0 aliphatic carbocycles. The molecule has 1 heterocycles. The largest absolute Gasteiger partial charge is 0.465 e. The van der Waals surface area contributed by atoms with Crippen molar-refractivity contribution in [3.8, 4) is 11.8 Å². The lowest BCUT2D eigenvalue weighted by Gasteiger charge is -2.05. The Bertz CT molecular complexity index is 763. The monoisotopic (exact) mass is 269 g/mol. The number of nitrogens with zero attached hydrogens (tertiary/aromatic N) is 1. The maximum absolute atomic E-state index is 12.3. The van der Waals surface area contributed by atoms with Crippen LogP contribution in [0.4, 0.5) is 0 Å². The van der Waals surface area contributed by atoms with Crippen LogP contribution in [-0.4, -0.2) is 17.1 Å². The van der Waals surface area contributed by atoms with Crippen molar-refractivity contribution in [3.63, 3.8) is 0 Å². The third-order valence-corrected chi connectivity index (χ3v) is 2.86. The van der Waals surface area contributed by atoms with Gasteiger partial charge in [-0.1, -0.05) is 24.0 Å². The predicted molar refractivity (Wildman–Crippen MR) is 77.3 cm³/mol. The molecular weight excluding hydrogens is 254 g/mol. The topological polar surface area (TPSA) is 48.3 Å². The van der Waals surface area contributed by atoms with E-state index in [4.69, 9.17) is 4.74 Å². The van der Waals surface area contributed by atoms with Crippen molar-refractivity contribution in [2.45, 2.75) is 13.3 Å². The van der Waals surface area contributed by atoms with Gasteiger partial charge in [0.15, 0.2) is 0 Å². The fraction of sp³-hybridized carbons (Fsp3) is 0.250. The number of fused-ring (bicyclic) bond motifs is 1. The van der Waals surface area contributed by atoms with Gasteiger partial charge in [0.2, 0.25) is 5.43 Å². The lowest BCUT2D eigenvalue weighted by atomic mass is 10.1. The van der Waals surface area contributed by atoms with Gasteiger partial charge in [-0.05, 0) is 19.1 Å². The molecule has 1 aromatic carbocycles. The summed E-state index contributed by atoms with van der Waals surface area (Å²) < 4.78 is 6.63. The average molecular weight is 269 g/mol. The minimum Gasteiger partial charge on any atom is -0.465 e. The van der Waals surface area contributed by atoms with E-state index in [2.05, 4.69) is 11.8 Å². The second-order valence-electron chi connectivity index (χ2n) is 4.28. The number of aromatic nitrogens is 1. The Balaban J connectivity index is 2.37. The van der Waals surface area contributed by atoms with Crippen LogP contribution in [0.15, 0.2) is 35.3 Å². The highest BCUT2D eigenvalue weighted by Crippen LogP contribution is 2.09. The minimum atomic E-state index is -0.377. The molecule has 0 radical (unpaired) electrons. The van der Waals surface area contributed by atoms with Crippen molar-refractivity contribution in [2.75, 3.05) is 6.61 Å². The number of aryl methyl sites for hydroxylation is 1. The third-order valence-electron chi connectivity index (χ3n) is 2.86. The fourth-order valence-electron chi connectivity index (χ4n) is 1.95. The molecule has 2 aromatic rings. The molecule has 20 heavy (non-hydrogen) atoms. The van der Waals surface area contributed by atoms with Crippen molar-refractivity contribution in [1.29, 1.82) is 0 Å². The molecule has 4 heteroatoms. The molecule has 102 valence electrons. The number of hydrogen-bond acceptors (Lipinski definition) is 3. The zero-order chi connectivity index (χ0) is 14.5. The van der Waals surface area contributed by atoms with Gasteiger partial charge < -0.3 is 9.30 Å². The van der Waals surface area contributed by atoms with Crippen LogP contribution in [0.1, 0.15) is 18.9 Å². The van der Waals surface area contributed by atoms with E-state index < -0.39 is 0 Å². The Morgan fingerprint density at radius 3 is 2.85 bits per heavy atom. The summed E-state index contributed by atoms with van der Waals surface area (Å²) >= 11 is 0. The number of rotatable bonds is 2. The first-order valence-electron chi connectivity index (χ1n) is 6.36.